The van der Waals surface area contributed by atoms with Gasteiger partial charge < -0.3 is 5.11 Å². The predicted molar refractivity (Wildman–Crippen MR) is 70.7 cm³/mol. The topological polar surface area (TPSA) is 57.6 Å². The van der Waals surface area contributed by atoms with Crippen LogP contribution in [-0.2, 0) is 9.59 Å². The zero-order valence-electron chi connectivity index (χ0n) is 10.8. The molecule has 0 aromatic heterocycles. The number of anilines is 1. The lowest BCUT2D eigenvalue weighted by atomic mass is 9.76. The van der Waals surface area contributed by atoms with Gasteiger partial charge in [-0.05, 0) is 30.4 Å². The van der Waals surface area contributed by atoms with Crippen molar-refractivity contribution in [3.63, 3.8) is 0 Å². The molecule has 1 aliphatic heterocycles. The maximum atomic E-state index is 12.3. The fourth-order valence-electron chi connectivity index (χ4n) is 3.40. The van der Waals surface area contributed by atoms with E-state index in [0.717, 1.165) is 25.7 Å². The second-order valence-electron chi connectivity index (χ2n) is 5.70. The quantitative estimate of drug-likeness (QED) is 0.789. The molecule has 0 radical (unpaired) electrons. The minimum atomic E-state index is -0.135. The maximum Gasteiger partial charge on any atom is 0.234 e. The summed E-state index contributed by atoms with van der Waals surface area (Å²) in [6, 6.07) is 6.32. The first-order valence-electron chi connectivity index (χ1n) is 6.75. The number of hydrogen-bond acceptors (Lipinski definition) is 3. The van der Waals surface area contributed by atoms with Gasteiger partial charge in [-0.15, -0.1) is 0 Å². The minimum absolute atomic E-state index is 0.0688. The Labute approximate surface area is 112 Å². The zero-order chi connectivity index (χ0) is 13.5. The largest absolute Gasteiger partial charge is 0.508 e. The highest BCUT2D eigenvalue weighted by Gasteiger charge is 2.45. The number of phenols is 1. The molecule has 100 valence electrons. The number of phenolic OH excluding ortho intramolecular Hbond substituents is 1. The molecule has 4 heteroatoms. The van der Waals surface area contributed by atoms with Gasteiger partial charge in [0.2, 0.25) is 11.8 Å². The number of hydrogen-bond donors (Lipinski definition) is 1. The Balaban J connectivity index is 1.88. The van der Waals surface area contributed by atoms with Crippen LogP contribution in [0.25, 0.3) is 0 Å². The van der Waals surface area contributed by atoms with E-state index < -0.39 is 0 Å². The van der Waals surface area contributed by atoms with Crippen molar-refractivity contribution in [2.24, 2.45) is 5.41 Å². The van der Waals surface area contributed by atoms with E-state index in [1.807, 2.05) is 0 Å². The van der Waals surface area contributed by atoms with E-state index in [-0.39, 0.29) is 23.0 Å². The molecular weight excluding hydrogens is 242 g/mol. The Kier molecular flexibility index (Phi) is 2.81. The summed E-state index contributed by atoms with van der Waals surface area (Å²) in [4.78, 5) is 25.8. The molecule has 1 spiro atoms. The molecule has 1 N–H and O–H groups in total. The number of benzene rings is 1. The minimum Gasteiger partial charge on any atom is -0.508 e. The maximum absolute atomic E-state index is 12.3. The molecule has 2 amide bonds. The Morgan fingerprint density at radius 2 is 1.68 bits per heavy atom. The lowest BCUT2D eigenvalue weighted by molar-refractivity contribution is -0.133. The van der Waals surface area contributed by atoms with Gasteiger partial charge in [-0.3, -0.25) is 14.5 Å². The number of aromatic hydroxyl groups is 1. The molecule has 2 fully saturated rings. The lowest BCUT2D eigenvalue weighted by Crippen LogP contribution is -2.47. The van der Waals surface area contributed by atoms with Gasteiger partial charge in [-0.25, -0.2) is 0 Å². The van der Waals surface area contributed by atoms with Crippen LogP contribution in [0.5, 0.6) is 5.75 Å². The number of amides is 2. The van der Waals surface area contributed by atoms with Crippen molar-refractivity contribution in [1.29, 1.82) is 0 Å². The van der Waals surface area contributed by atoms with Crippen LogP contribution in [0.15, 0.2) is 24.3 Å². The first-order valence-corrected chi connectivity index (χ1v) is 6.75. The predicted octanol–water partition coefficient (Wildman–Crippen LogP) is 2.61. The average Bonchev–Trinajstić information content (AvgIpc) is 2.76. The van der Waals surface area contributed by atoms with Crippen LogP contribution in [0.2, 0.25) is 0 Å². The van der Waals surface area contributed by atoms with Crippen molar-refractivity contribution in [2.45, 2.75) is 38.5 Å². The first kappa shape index (κ1) is 12.2. The fraction of sp³-hybridized carbons (Fsp3) is 0.467. The molecule has 1 aromatic rings. The van der Waals surface area contributed by atoms with Crippen LogP contribution < -0.4 is 4.90 Å². The van der Waals surface area contributed by atoms with Crippen molar-refractivity contribution < 1.29 is 14.7 Å². The molecule has 0 unspecified atom stereocenters. The Hall–Kier alpha value is -1.84. The summed E-state index contributed by atoms with van der Waals surface area (Å²) in [5.41, 5.74) is 0.393. The lowest BCUT2D eigenvalue weighted by Gasteiger charge is -2.37. The molecule has 1 saturated carbocycles. The molecule has 0 bridgehead atoms. The van der Waals surface area contributed by atoms with Crippen LogP contribution >= 0.6 is 0 Å². The monoisotopic (exact) mass is 259 g/mol. The molecule has 1 aromatic carbocycles. The average molecular weight is 259 g/mol. The molecule has 2 aliphatic rings. The van der Waals surface area contributed by atoms with Crippen molar-refractivity contribution in [1.82, 2.24) is 0 Å². The summed E-state index contributed by atoms with van der Waals surface area (Å²) in [6.07, 6.45) is 5.11. The smallest absolute Gasteiger partial charge is 0.234 e. The third-order valence-electron chi connectivity index (χ3n) is 4.30. The number of piperidine rings is 1. The molecule has 1 saturated heterocycles. The van der Waals surface area contributed by atoms with Gasteiger partial charge in [0.1, 0.15) is 5.75 Å². The van der Waals surface area contributed by atoms with Gasteiger partial charge in [0.15, 0.2) is 0 Å². The fourth-order valence-corrected chi connectivity index (χ4v) is 3.40. The zero-order valence-corrected chi connectivity index (χ0v) is 10.8. The Morgan fingerprint density at radius 1 is 1.05 bits per heavy atom. The van der Waals surface area contributed by atoms with Gasteiger partial charge in [0, 0.05) is 18.9 Å². The van der Waals surface area contributed by atoms with Crippen molar-refractivity contribution >= 4 is 17.5 Å². The van der Waals surface area contributed by atoms with Crippen molar-refractivity contribution in [2.75, 3.05) is 4.90 Å². The molecule has 19 heavy (non-hydrogen) atoms. The van der Waals surface area contributed by atoms with Crippen LogP contribution in [0, 0.1) is 5.41 Å². The van der Waals surface area contributed by atoms with E-state index in [4.69, 9.17) is 0 Å². The van der Waals surface area contributed by atoms with Crippen LogP contribution in [0.4, 0.5) is 5.69 Å². The van der Waals surface area contributed by atoms with E-state index >= 15 is 0 Å². The molecule has 1 aliphatic carbocycles. The van der Waals surface area contributed by atoms with E-state index in [9.17, 15) is 14.7 Å². The summed E-state index contributed by atoms with van der Waals surface area (Å²) < 4.78 is 0. The van der Waals surface area contributed by atoms with Gasteiger partial charge in [-0.1, -0.05) is 18.9 Å². The molecular formula is C15H17NO3. The first-order chi connectivity index (χ1) is 9.10. The SMILES string of the molecule is O=C1CC2(CCCC2)CC(=O)N1c1cccc(O)c1. The van der Waals surface area contributed by atoms with Crippen molar-refractivity contribution in [3.05, 3.63) is 24.3 Å². The van der Waals surface area contributed by atoms with Gasteiger partial charge in [-0.2, -0.15) is 0 Å². The highest BCUT2D eigenvalue weighted by molar-refractivity contribution is 6.17. The van der Waals surface area contributed by atoms with Gasteiger partial charge in [0.25, 0.3) is 0 Å². The van der Waals surface area contributed by atoms with Gasteiger partial charge in [0.05, 0.1) is 5.69 Å². The number of carbonyl (C=O) groups is 2. The Morgan fingerprint density at radius 3 is 2.26 bits per heavy atom. The number of carbonyl (C=O) groups excluding carboxylic acids is 2. The third kappa shape index (κ3) is 2.11. The van der Waals surface area contributed by atoms with Crippen molar-refractivity contribution in [3.8, 4) is 5.75 Å². The van der Waals surface area contributed by atoms with Crippen LogP contribution in [0.1, 0.15) is 38.5 Å². The molecule has 1 heterocycles. The third-order valence-corrected chi connectivity index (χ3v) is 4.30. The van der Waals surface area contributed by atoms with E-state index in [2.05, 4.69) is 0 Å². The number of nitrogens with zero attached hydrogens (tertiary/aromatic N) is 1. The highest BCUT2D eigenvalue weighted by Crippen LogP contribution is 2.47. The standard InChI is InChI=1S/C15H17NO3/c17-12-5-3-4-11(8-12)16-13(18)9-15(10-14(16)19)6-1-2-7-15/h3-5,8,17H,1-2,6-7,9-10H2. The Bertz CT molecular complexity index is 512. The molecule has 4 nitrogen and oxygen atoms in total. The second kappa shape index (κ2) is 4.37. The van der Waals surface area contributed by atoms with E-state index in [0.29, 0.717) is 18.5 Å². The normalized spacial score (nSPS) is 22.2. The summed E-state index contributed by atoms with van der Waals surface area (Å²) in [6.45, 7) is 0. The molecule has 0 atom stereocenters. The summed E-state index contributed by atoms with van der Waals surface area (Å²) in [5, 5.41) is 9.47. The molecule has 3 rings (SSSR count). The van der Waals surface area contributed by atoms with E-state index in [1.165, 1.54) is 17.0 Å². The van der Waals surface area contributed by atoms with E-state index in [1.54, 1.807) is 12.1 Å². The number of imide groups is 1. The summed E-state index contributed by atoms with van der Waals surface area (Å²) >= 11 is 0. The second-order valence-corrected chi connectivity index (χ2v) is 5.70. The number of rotatable bonds is 1. The van der Waals surface area contributed by atoms with Crippen LogP contribution in [0.3, 0.4) is 0 Å². The summed E-state index contributed by atoms with van der Waals surface area (Å²) in [5.74, 6) is -0.202. The summed E-state index contributed by atoms with van der Waals surface area (Å²) in [7, 11) is 0. The highest BCUT2D eigenvalue weighted by atomic mass is 16.3. The van der Waals surface area contributed by atoms with Crippen LogP contribution in [-0.4, -0.2) is 16.9 Å². The van der Waals surface area contributed by atoms with Gasteiger partial charge >= 0.3 is 0 Å².